The summed E-state index contributed by atoms with van der Waals surface area (Å²) in [7, 11) is 0. The fraction of sp³-hybridized carbons (Fsp3) is 0.0952. The third-order valence-corrected chi connectivity index (χ3v) is 6.14. The molecule has 2 aromatic heterocycles. The number of nitrogens with zero attached hydrogens (tertiary/aromatic N) is 2. The van der Waals surface area contributed by atoms with Crippen molar-refractivity contribution < 1.29 is 14.3 Å². The number of hydrogen-bond donors (Lipinski definition) is 1. The molecule has 4 aromatic rings. The zero-order valence-corrected chi connectivity index (χ0v) is 16.6. The van der Waals surface area contributed by atoms with Gasteiger partial charge in [0.05, 0.1) is 17.0 Å². The van der Waals surface area contributed by atoms with Gasteiger partial charge in [-0.3, -0.25) is 14.5 Å². The number of aryl methyl sites for hydroxylation is 1. The molecule has 0 saturated carbocycles. The van der Waals surface area contributed by atoms with Crippen LogP contribution in [0.25, 0.3) is 11.0 Å². The molecular formula is C21H13ClN2O4S. The molecule has 3 heterocycles. The van der Waals surface area contributed by atoms with Crippen LogP contribution in [0.15, 0.2) is 57.2 Å². The van der Waals surface area contributed by atoms with Gasteiger partial charge in [0.2, 0.25) is 5.76 Å². The maximum atomic E-state index is 13.4. The van der Waals surface area contributed by atoms with Gasteiger partial charge in [-0.1, -0.05) is 23.7 Å². The molecule has 1 atom stereocenters. The molecule has 0 unspecified atom stereocenters. The van der Waals surface area contributed by atoms with Crippen molar-refractivity contribution in [1.82, 2.24) is 4.98 Å². The Balaban J connectivity index is 1.85. The van der Waals surface area contributed by atoms with Gasteiger partial charge in [-0.2, -0.15) is 0 Å². The maximum Gasteiger partial charge on any atom is 0.297 e. The van der Waals surface area contributed by atoms with E-state index >= 15 is 0 Å². The molecule has 29 heavy (non-hydrogen) atoms. The van der Waals surface area contributed by atoms with Crippen LogP contribution in [0, 0.1) is 6.92 Å². The molecule has 1 amide bonds. The van der Waals surface area contributed by atoms with Crippen LogP contribution in [-0.2, 0) is 0 Å². The van der Waals surface area contributed by atoms with E-state index in [-0.39, 0.29) is 22.5 Å². The van der Waals surface area contributed by atoms with E-state index in [9.17, 15) is 14.7 Å². The highest BCUT2D eigenvalue weighted by molar-refractivity contribution is 7.13. The van der Waals surface area contributed by atoms with Crippen molar-refractivity contribution in [3.05, 3.63) is 85.7 Å². The second-order valence-electron chi connectivity index (χ2n) is 6.76. The minimum Gasteiger partial charge on any atom is -0.508 e. The summed E-state index contributed by atoms with van der Waals surface area (Å²) >= 11 is 7.50. The highest BCUT2D eigenvalue weighted by Gasteiger charge is 2.44. The number of carbonyl (C=O) groups is 1. The molecule has 5 rings (SSSR count). The normalized spacial score (nSPS) is 15.9. The lowest BCUT2D eigenvalue weighted by Crippen LogP contribution is -2.29. The number of rotatable bonds is 2. The summed E-state index contributed by atoms with van der Waals surface area (Å²) < 4.78 is 5.91. The average molecular weight is 425 g/mol. The molecule has 0 aliphatic carbocycles. The fourth-order valence-corrected chi connectivity index (χ4v) is 4.47. The largest absolute Gasteiger partial charge is 0.508 e. The molecule has 144 valence electrons. The van der Waals surface area contributed by atoms with E-state index in [0.717, 1.165) is 5.56 Å². The SMILES string of the molecule is Cc1cc2oc3c(c(=O)c2cc1Cl)[C@@H](c1cccc(O)c1)N(c1nccs1)C3=O. The Hall–Kier alpha value is -3.16. The van der Waals surface area contributed by atoms with Gasteiger partial charge in [-0.05, 0) is 42.3 Å². The summed E-state index contributed by atoms with van der Waals surface area (Å²) in [5, 5.41) is 12.9. The number of aromatic nitrogens is 1. The topological polar surface area (TPSA) is 83.6 Å². The first-order valence-electron chi connectivity index (χ1n) is 8.74. The standard InChI is InChI=1S/C21H13ClN2O4S/c1-10-7-15-13(9-14(10)22)18(26)16-17(11-3-2-4-12(25)8-11)24(20(27)19(16)28-15)21-23-5-6-29-21/h2-9,17,25H,1H3/t17-/m1/s1. The fourth-order valence-electron chi connectivity index (χ4n) is 3.64. The van der Waals surface area contributed by atoms with Crippen molar-refractivity contribution >= 4 is 44.9 Å². The van der Waals surface area contributed by atoms with Crippen LogP contribution >= 0.6 is 22.9 Å². The average Bonchev–Trinajstić information content (AvgIpc) is 3.30. The molecule has 6 nitrogen and oxygen atoms in total. The zero-order chi connectivity index (χ0) is 20.3. The second kappa shape index (κ2) is 6.43. The molecule has 8 heteroatoms. The van der Waals surface area contributed by atoms with Crippen molar-refractivity contribution in [3.63, 3.8) is 0 Å². The van der Waals surface area contributed by atoms with Gasteiger partial charge < -0.3 is 9.52 Å². The third kappa shape index (κ3) is 2.66. The Morgan fingerprint density at radius 3 is 2.79 bits per heavy atom. The number of anilines is 1. The zero-order valence-electron chi connectivity index (χ0n) is 15.0. The quantitative estimate of drug-likeness (QED) is 0.505. The smallest absolute Gasteiger partial charge is 0.297 e. The Morgan fingerprint density at radius 2 is 2.07 bits per heavy atom. The number of halogens is 1. The van der Waals surface area contributed by atoms with Crippen molar-refractivity contribution in [2.24, 2.45) is 0 Å². The number of fused-ring (bicyclic) bond motifs is 2. The predicted octanol–water partition coefficient (Wildman–Crippen LogP) is 4.67. The van der Waals surface area contributed by atoms with Crippen LogP contribution < -0.4 is 10.3 Å². The Labute approximate surface area is 173 Å². The molecule has 0 radical (unpaired) electrons. The summed E-state index contributed by atoms with van der Waals surface area (Å²) in [5.41, 5.74) is 1.51. The van der Waals surface area contributed by atoms with Crippen LogP contribution in [0.1, 0.15) is 33.3 Å². The summed E-state index contributed by atoms with van der Waals surface area (Å²) in [4.78, 5) is 32.4. The minimum atomic E-state index is -0.767. The summed E-state index contributed by atoms with van der Waals surface area (Å²) in [6, 6.07) is 8.92. The van der Waals surface area contributed by atoms with E-state index in [1.165, 1.54) is 28.4 Å². The van der Waals surface area contributed by atoms with Gasteiger partial charge >= 0.3 is 0 Å². The Bertz CT molecular complexity index is 1350. The molecule has 1 aliphatic heterocycles. The van der Waals surface area contributed by atoms with Crippen LogP contribution in [0.4, 0.5) is 5.13 Å². The molecule has 0 fully saturated rings. The third-order valence-electron chi connectivity index (χ3n) is 4.96. The Morgan fingerprint density at radius 1 is 1.24 bits per heavy atom. The first kappa shape index (κ1) is 17.9. The van der Waals surface area contributed by atoms with E-state index < -0.39 is 11.9 Å². The molecule has 1 N–H and O–H groups in total. The van der Waals surface area contributed by atoms with Gasteiger partial charge in [-0.25, -0.2) is 4.98 Å². The van der Waals surface area contributed by atoms with Crippen LogP contribution in [0.5, 0.6) is 5.75 Å². The number of benzene rings is 2. The monoisotopic (exact) mass is 424 g/mol. The summed E-state index contributed by atoms with van der Waals surface area (Å²) in [6.07, 6.45) is 1.59. The molecule has 1 aliphatic rings. The number of aromatic hydroxyl groups is 1. The summed E-state index contributed by atoms with van der Waals surface area (Å²) in [6.45, 7) is 1.80. The number of thiazole rings is 1. The van der Waals surface area contributed by atoms with E-state index in [4.69, 9.17) is 16.0 Å². The Kier molecular flexibility index (Phi) is 3.97. The van der Waals surface area contributed by atoms with E-state index in [0.29, 0.717) is 26.7 Å². The van der Waals surface area contributed by atoms with E-state index in [1.54, 1.807) is 42.8 Å². The number of phenolic OH excluding ortho intramolecular Hbond substituents is 1. The van der Waals surface area contributed by atoms with Crippen molar-refractivity contribution in [2.45, 2.75) is 13.0 Å². The minimum absolute atomic E-state index is 0.0206. The predicted molar refractivity (Wildman–Crippen MR) is 111 cm³/mol. The molecule has 0 saturated heterocycles. The second-order valence-corrected chi connectivity index (χ2v) is 8.04. The van der Waals surface area contributed by atoms with Crippen LogP contribution in [0.2, 0.25) is 5.02 Å². The van der Waals surface area contributed by atoms with Gasteiger partial charge in [0.1, 0.15) is 11.3 Å². The highest BCUT2D eigenvalue weighted by Crippen LogP contribution is 2.42. The van der Waals surface area contributed by atoms with E-state index in [1.807, 2.05) is 0 Å². The van der Waals surface area contributed by atoms with Gasteiger partial charge in [0.25, 0.3) is 5.91 Å². The maximum absolute atomic E-state index is 13.4. The van der Waals surface area contributed by atoms with Crippen LogP contribution in [-0.4, -0.2) is 16.0 Å². The number of amides is 1. The van der Waals surface area contributed by atoms with E-state index in [2.05, 4.69) is 4.98 Å². The molecule has 0 bridgehead atoms. The number of phenols is 1. The van der Waals surface area contributed by atoms with Crippen molar-refractivity contribution in [2.75, 3.05) is 4.90 Å². The lowest BCUT2D eigenvalue weighted by atomic mass is 9.98. The van der Waals surface area contributed by atoms with Crippen molar-refractivity contribution in [3.8, 4) is 5.75 Å². The lowest BCUT2D eigenvalue weighted by Gasteiger charge is -2.22. The number of hydrogen-bond acceptors (Lipinski definition) is 6. The molecular weight excluding hydrogens is 412 g/mol. The number of carbonyl (C=O) groups excluding carboxylic acids is 1. The highest BCUT2D eigenvalue weighted by atomic mass is 35.5. The van der Waals surface area contributed by atoms with Crippen LogP contribution in [0.3, 0.4) is 0 Å². The summed E-state index contributed by atoms with van der Waals surface area (Å²) in [5.74, 6) is -0.436. The molecule has 2 aromatic carbocycles. The molecule has 0 spiro atoms. The van der Waals surface area contributed by atoms with Gasteiger partial charge in [0, 0.05) is 16.6 Å². The van der Waals surface area contributed by atoms with Gasteiger partial charge in [-0.15, -0.1) is 11.3 Å². The van der Waals surface area contributed by atoms with Crippen molar-refractivity contribution in [1.29, 1.82) is 0 Å². The van der Waals surface area contributed by atoms with Gasteiger partial charge in [0.15, 0.2) is 10.6 Å². The lowest BCUT2D eigenvalue weighted by molar-refractivity contribution is 0.0971. The first-order chi connectivity index (χ1) is 14.0. The first-order valence-corrected chi connectivity index (χ1v) is 10.0.